The van der Waals surface area contributed by atoms with Crippen molar-refractivity contribution < 1.29 is 4.79 Å². The zero-order valence-electron chi connectivity index (χ0n) is 15.5. The van der Waals surface area contributed by atoms with Gasteiger partial charge in [0.15, 0.2) is 0 Å². The van der Waals surface area contributed by atoms with Gasteiger partial charge in [-0.3, -0.25) is 14.5 Å². The number of aromatic amines is 1. The Labute approximate surface area is 154 Å². The molecule has 2 aromatic rings. The van der Waals surface area contributed by atoms with Crippen LogP contribution in [-0.4, -0.2) is 46.9 Å². The van der Waals surface area contributed by atoms with E-state index in [0.717, 1.165) is 73.9 Å². The molecule has 3 heterocycles. The van der Waals surface area contributed by atoms with Crippen LogP contribution in [0, 0.1) is 12.8 Å². The van der Waals surface area contributed by atoms with Gasteiger partial charge < -0.3 is 9.88 Å². The summed E-state index contributed by atoms with van der Waals surface area (Å²) in [5.41, 5.74) is 2.80. The SMILES string of the molecule is Cc1ccc2cc(CN3CCCC(C(=O)N4CCCC4)C3)c(=O)[nH]c2c1. The standard InChI is InChI=1S/C21H27N3O2/c1-15-6-7-16-12-18(20(25)22-19(16)11-15)14-23-8-4-5-17(13-23)21(26)24-9-2-3-10-24/h6-7,11-12,17H,2-5,8-10,13-14H2,1H3,(H,22,25). The van der Waals surface area contributed by atoms with Crippen LogP contribution in [0.3, 0.4) is 0 Å². The summed E-state index contributed by atoms with van der Waals surface area (Å²) in [6.07, 6.45) is 4.26. The number of fused-ring (bicyclic) bond motifs is 1. The molecule has 1 aromatic heterocycles. The highest BCUT2D eigenvalue weighted by Crippen LogP contribution is 2.22. The highest BCUT2D eigenvalue weighted by atomic mass is 16.2. The Morgan fingerprint density at radius 3 is 2.77 bits per heavy atom. The van der Waals surface area contributed by atoms with Gasteiger partial charge in [0, 0.05) is 37.3 Å². The van der Waals surface area contributed by atoms with Crippen LogP contribution in [0.1, 0.15) is 36.8 Å². The molecule has 0 saturated carbocycles. The number of likely N-dealkylation sites (tertiary alicyclic amines) is 2. The van der Waals surface area contributed by atoms with Crippen LogP contribution in [0.15, 0.2) is 29.1 Å². The topological polar surface area (TPSA) is 56.4 Å². The smallest absolute Gasteiger partial charge is 0.252 e. The Kier molecular flexibility index (Phi) is 4.81. The van der Waals surface area contributed by atoms with Gasteiger partial charge in [-0.2, -0.15) is 0 Å². The number of aromatic nitrogens is 1. The number of carbonyl (C=O) groups excluding carboxylic acids is 1. The minimum absolute atomic E-state index is 0.0175. The van der Waals surface area contributed by atoms with Crippen molar-refractivity contribution in [1.82, 2.24) is 14.8 Å². The Morgan fingerprint density at radius 1 is 1.15 bits per heavy atom. The molecule has 1 amide bonds. The molecule has 138 valence electrons. The average Bonchev–Trinajstić information content (AvgIpc) is 3.17. The predicted molar refractivity (Wildman–Crippen MR) is 103 cm³/mol. The van der Waals surface area contributed by atoms with E-state index < -0.39 is 0 Å². The Bertz CT molecular complexity index is 867. The second-order valence-corrected chi connectivity index (χ2v) is 7.82. The van der Waals surface area contributed by atoms with Crippen LogP contribution in [0.25, 0.3) is 10.9 Å². The number of benzene rings is 1. The van der Waals surface area contributed by atoms with Gasteiger partial charge in [-0.25, -0.2) is 0 Å². The third-order valence-electron chi connectivity index (χ3n) is 5.74. The van der Waals surface area contributed by atoms with Gasteiger partial charge in [-0.15, -0.1) is 0 Å². The highest BCUT2D eigenvalue weighted by molar-refractivity contribution is 5.80. The molecule has 1 N–H and O–H groups in total. The lowest BCUT2D eigenvalue weighted by Gasteiger charge is -2.33. The Balaban J connectivity index is 1.49. The number of carbonyl (C=O) groups is 1. The quantitative estimate of drug-likeness (QED) is 0.923. The maximum absolute atomic E-state index is 12.7. The molecule has 2 saturated heterocycles. The van der Waals surface area contributed by atoms with E-state index in [9.17, 15) is 9.59 Å². The van der Waals surface area contributed by atoms with Gasteiger partial charge in [0.25, 0.3) is 5.56 Å². The fourth-order valence-corrected chi connectivity index (χ4v) is 4.31. The molecule has 5 heteroatoms. The number of nitrogens with one attached hydrogen (secondary N) is 1. The Morgan fingerprint density at radius 2 is 1.96 bits per heavy atom. The van der Waals surface area contributed by atoms with Gasteiger partial charge in [-0.05, 0) is 62.2 Å². The van der Waals surface area contributed by atoms with Crippen LogP contribution in [-0.2, 0) is 11.3 Å². The van der Waals surface area contributed by atoms with Crippen molar-refractivity contribution in [3.05, 3.63) is 45.7 Å². The molecule has 1 unspecified atom stereocenters. The van der Waals surface area contributed by atoms with Crippen molar-refractivity contribution >= 4 is 16.8 Å². The molecule has 0 spiro atoms. The molecule has 1 atom stereocenters. The third kappa shape index (κ3) is 3.54. The highest BCUT2D eigenvalue weighted by Gasteiger charge is 2.30. The van der Waals surface area contributed by atoms with Crippen molar-refractivity contribution in [1.29, 1.82) is 0 Å². The first kappa shape index (κ1) is 17.3. The average molecular weight is 353 g/mol. The second-order valence-electron chi connectivity index (χ2n) is 7.82. The summed E-state index contributed by atoms with van der Waals surface area (Å²) in [5, 5.41) is 1.06. The summed E-state index contributed by atoms with van der Waals surface area (Å²) >= 11 is 0. The number of piperidine rings is 1. The monoisotopic (exact) mass is 353 g/mol. The van der Waals surface area contributed by atoms with Gasteiger partial charge in [-0.1, -0.05) is 12.1 Å². The maximum Gasteiger partial charge on any atom is 0.252 e. The molecule has 26 heavy (non-hydrogen) atoms. The number of pyridine rings is 1. The third-order valence-corrected chi connectivity index (χ3v) is 5.74. The van der Waals surface area contributed by atoms with Gasteiger partial charge in [0.2, 0.25) is 5.91 Å². The van der Waals surface area contributed by atoms with Crippen LogP contribution >= 0.6 is 0 Å². The molecule has 2 aliphatic rings. The summed E-state index contributed by atoms with van der Waals surface area (Å²) in [4.78, 5) is 32.5. The first-order valence-electron chi connectivity index (χ1n) is 9.74. The number of H-pyrrole nitrogens is 1. The van der Waals surface area contributed by atoms with Gasteiger partial charge >= 0.3 is 0 Å². The maximum atomic E-state index is 12.7. The summed E-state index contributed by atoms with van der Waals surface area (Å²) in [5.74, 6) is 0.402. The lowest BCUT2D eigenvalue weighted by atomic mass is 9.96. The van der Waals surface area contributed by atoms with Crippen LogP contribution in [0.2, 0.25) is 0 Å². The van der Waals surface area contributed by atoms with E-state index in [-0.39, 0.29) is 11.5 Å². The van der Waals surface area contributed by atoms with Crippen LogP contribution < -0.4 is 5.56 Å². The fourth-order valence-electron chi connectivity index (χ4n) is 4.31. The number of nitrogens with zero attached hydrogens (tertiary/aromatic N) is 2. The predicted octanol–water partition coefficient (Wildman–Crippen LogP) is 2.67. The molecule has 0 aliphatic carbocycles. The Hall–Kier alpha value is -2.14. The van der Waals surface area contributed by atoms with E-state index in [4.69, 9.17) is 0 Å². The van der Waals surface area contributed by atoms with Gasteiger partial charge in [0.05, 0.1) is 5.92 Å². The number of hydrogen-bond donors (Lipinski definition) is 1. The first-order chi connectivity index (χ1) is 12.6. The van der Waals surface area contributed by atoms with Crippen molar-refractivity contribution in [2.45, 2.75) is 39.2 Å². The molecule has 0 radical (unpaired) electrons. The zero-order chi connectivity index (χ0) is 18.1. The number of hydrogen-bond acceptors (Lipinski definition) is 3. The molecule has 4 rings (SSSR count). The molecule has 2 aliphatic heterocycles. The van der Waals surface area contributed by atoms with Crippen molar-refractivity contribution in [3.63, 3.8) is 0 Å². The summed E-state index contributed by atoms with van der Waals surface area (Å²) in [7, 11) is 0. The number of amides is 1. The van der Waals surface area contributed by atoms with E-state index in [1.165, 1.54) is 0 Å². The lowest BCUT2D eigenvalue weighted by Crippen LogP contribution is -2.44. The molecule has 5 nitrogen and oxygen atoms in total. The molecule has 2 fully saturated rings. The number of aryl methyl sites for hydroxylation is 1. The second kappa shape index (κ2) is 7.23. The van der Waals surface area contributed by atoms with Crippen molar-refractivity contribution in [2.75, 3.05) is 26.2 Å². The zero-order valence-corrected chi connectivity index (χ0v) is 15.5. The van der Waals surface area contributed by atoms with Crippen molar-refractivity contribution in [2.24, 2.45) is 5.92 Å². The lowest BCUT2D eigenvalue weighted by molar-refractivity contribution is -0.136. The fraction of sp³-hybridized carbons (Fsp3) is 0.524. The van der Waals surface area contributed by atoms with E-state index >= 15 is 0 Å². The van der Waals surface area contributed by atoms with Crippen LogP contribution in [0.4, 0.5) is 0 Å². The molecule has 1 aromatic carbocycles. The van der Waals surface area contributed by atoms with E-state index in [2.05, 4.69) is 22.0 Å². The van der Waals surface area contributed by atoms with E-state index in [1.54, 1.807) is 0 Å². The van der Waals surface area contributed by atoms with E-state index in [0.29, 0.717) is 12.5 Å². The molecular weight excluding hydrogens is 326 g/mol. The summed E-state index contributed by atoms with van der Waals surface area (Å²) < 4.78 is 0. The molecular formula is C21H27N3O2. The summed E-state index contributed by atoms with van der Waals surface area (Å²) in [6, 6.07) is 8.13. The van der Waals surface area contributed by atoms with Crippen molar-refractivity contribution in [3.8, 4) is 0 Å². The minimum Gasteiger partial charge on any atom is -0.342 e. The van der Waals surface area contributed by atoms with Crippen LogP contribution in [0.5, 0.6) is 0 Å². The molecule has 0 bridgehead atoms. The summed E-state index contributed by atoms with van der Waals surface area (Å²) in [6.45, 7) is 6.19. The first-order valence-corrected chi connectivity index (χ1v) is 9.74. The minimum atomic E-state index is -0.0175. The largest absolute Gasteiger partial charge is 0.342 e. The van der Waals surface area contributed by atoms with E-state index in [1.807, 2.05) is 24.0 Å². The normalized spacial score (nSPS) is 21.4. The number of rotatable bonds is 3. The van der Waals surface area contributed by atoms with Gasteiger partial charge in [0.1, 0.15) is 0 Å².